The van der Waals surface area contributed by atoms with Crippen molar-refractivity contribution in [1.29, 1.82) is 0 Å². The molecule has 100 valence electrons. The molecule has 1 atom stereocenters. The fraction of sp³-hybridized carbons (Fsp3) is 0.600. The van der Waals surface area contributed by atoms with E-state index in [0.29, 0.717) is 6.10 Å². The summed E-state index contributed by atoms with van der Waals surface area (Å²) in [6.45, 7) is 3.74. The molecule has 0 amide bonds. The van der Waals surface area contributed by atoms with Crippen LogP contribution >= 0.6 is 0 Å². The maximum absolute atomic E-state index is 5.99. The van der Waals surface area contributed by atoms with Crippen molar-refractivity contribution in [2.24, 2.45) is 5.73 Å². The van der Waals surface area contributed by atoms with Gasteiger partial charge in [-0.3, -0.25) is 0 Å². The van der Waals surface area contributed by atoms with Crippen LogP contribution in [0.15, 0.2) is 24.3 Å². The standard InChI is InChI=1S/C15H23NO2/c1-2-13(16)10-12-4-3-5-15(11-12)18-14-6-8-17-9-7-14/h3-5,11,13-14H,2,6-10,16H2,1H3. The molecule has 0 saturated carbocycles. The zero-order valence-corrected chi connectivity index (χ0v) is 11.1. The highest BCUT2D eigenvalue weighted by Crippen LogP contribution is 2.20. The summed E-state index contributed by atoms with van der Waals surface area (Å²) in [6, 6.07) is 8.54. The van der Waals surface area contributed by atoms with Gasteiger partial charge in [-0.15, -0.1) is 0 Å². The first-order valence-electron chi connectivity index (χ1n) is 6.87. The molecule has 3 nitrogen and oxygen atoms in total. The normalized spacial score (nSPS) is 18.6. The molecule has 3 heteroatoms. The van der Waals surface area contributed by atoms with Gasteiger partial charge < -0.3 is 15.2 Å². The first-order chi connectivity index (χ1) is 8.78. The molecule has 1 aliphatic heterocycles. The van der Waals surface area contributed by atoms with Crippen LogP contribution in [0.2, 0.25) is 0 Å². The molecular formula is C15H23NO2. The van der Waals surface area contributed by atoms with Gasteiger partial charge in [-0.05, 0) is 30.5 Å². The SMILES string of the molecule is CCC(N)Cc1cccc(OC2CCOCC2)c1. The van der Waals surface area contributed by atoms with E-state index >= 15 is 0 Å². The van der Waals surface area contributed by atoms with Crippen LogP contribution in [0.1, 0.15) is 31.7 Å². The molecule has 0 aliphatic carbocycles. The number of benzene rings is 1. The lowest BCUT2D eigenvalue weighted by molar-refractivity contribution is 0.0255. The van der Waals surface area contributed by atoms with Crippen molar-refractivity contribution in [3.63, 3.8) is 0 Å². The minimum atomic E-state index is 0.239. The Morgan fingerprint density at radius 3 is 2.89 bits per heavy atom. The van der Waals surface area contributed by atoms with Gasteiger partial charge in [0.05, 0.1) is 13.2 Å². The van der Waals surface area contributed by atoms with E-state index in [1.807, 2.05) is 12.1 Å². The van der Waals surface area contributed by atoms with Crippen molar-refractivity contribution in [2.75, 3.05) is 13.2 Å². The number of hydrogen-bond acceptors (Lipinski definition) is 3. The Bertz CT molecular complexity index is 361. The Labute approximate surface area is 109 Å². The highest BCUT2D eigenvalue weighted by atomic mass is 16.5. The molecule has 18 heavy (non-hydrogen) atoms. The molecule has 1 aromatic rings. The summed E-state index contributed by atoms with van der Waals surface area (Å²) in [5.41, 5.74) is 7.24. The van der Waals surface area contributed by atoms with Gasteiger partial charge >= 0.3 is 0 Å². The number of hydrogen-bond donors (Lipinski definition) is 1. The molecule has 1 fully saturated rings. The van der Waals surface area contributed by atoms with Gasteiger partial charge in [0.2, 0.25) is 0 Å². The first-order valence-corrected chi connectivity index (χ1v) is 6.87. The van der Waals surface area contributed by atoms with Gasteiger partial charge in [0.25, 0.3) is 0 Å². The van der Waals surface area contributed by atoms with E-state index in [1.165, 1.54) is 5.56 Å². The van der Waals surface area contributed by atoms with E-state index in [2.05, 4.69) is 19.1 Å². The summed E-state index contributed by atoms with van der Waals surface area (Å²) in [6.07, 6.45) is 4.19. The van der Waals surface area contributed by atoms with Gasteiger partial charge in [-0.25, -0.2) is 0 Å². The molecule has 1 unspecified atom stereocenters. The molecule has 2 rings (SSSR count). The third-order valence-electron chi connectivity index (χ3n) is 3.39. The second kappa shape index (κ2) is 6.76. The van der Waals surface area contributed by atoms with Crippen LogP contribution in [-0.4, -0.2) is 25.4 Å². The van der Waals surface area contributed by atoms with E-state index in [1.54, 1.807) is 0 Å². The van der Waals surface area contributed by atoms with E-state index in [-0.39, 0.29) is 6.04 Å². The van der Waals surface area contributed by atoms with Crippen molar-refractivity contribution in [2.45, 2.75) is 44.8 Å². The Morgan fingerprint density at radius 2 is 2.17 bits per heavy atom. The Kier molecular flexibility index (Phi) is 5.02. The average Bonchev–Trinajstić information content (AvgIpc) is 2.40. The topological polar surface area (TPSA) is 44.5 Å². The van der Waals surface area contributed by atoms with Crippen molar-refractivity contribution in [1.82, 2.24) is 0 Å². The van der Waals surface area contributed by atoms with E-state index in [9.17, 15) is 0 Å². The summed E-state index contributed by atoms with van der Waals surface area (Å²) in [7, 11) is 0. The molecular weight excluding hydrogens is 226 g/mol. The molecule has 0 bridgehead atoms. The second-order valence-electron chi connectivity index (χ2n) is 4.95. The Balaban J connectivity index is 1.93. The van der Waals surface area contributed by atoms with Crippen LogP contribution in [0.3, 0.4) is 0 Å². The highest BCUT2D eigenvalue weighted by molar-refractivity contribution is 5.29. The smallest absolute Gasteiger partial charge is 0.119 e. The predicted molar refractivity (Wildman–Crippen MR) is 72.9 cm³/mol. The van der Waals surface area contributed by atoms with Crippen LogP contribution in [-0.2, 0) is 11.2 Å². The van der Waals surface area contributed by atoms with Gasteiger partial charge in [0.15, 0.2) is 0 Å². The van der Waals surface area contributed by atoms with Crippen LogP contribution in [0.25, 0.3) is 0 Å². The maximum atomic E-state index is 5.99. The molecule has 1 aliphatic rings. The van der Waals surface area contributed by atoms with Crippen LogP contribution < -0.4 is 10.5 Å². The minimum absolute atomic E-state index is 0.239. The minimum Gasteiger partial charge on any atom is -0.490 e. The first kappa shape index (κ1) is 13.4. The second-order valence-corrected chi connectivity index (χ2v) is 4.95. The van der Waals surface area contributed by atoms with Gasteiger partial charge in [0.1, 0.15) is 11.9 Å². The van der Waals surface area contributed by atoms with Crippen LogP contribution in [0, 0.1) is 0 Å². The van der Waals surface area contributed by atoms with Gasteiger partial charge in [0, 0.05) is 18.9 Å². The Hall–Kier alpha value is -1.06. The van der Waals surface area contributed by atoms with E-state index in [4.69, 9.17) is 15.2 Å². The fourth-order valence-corrected chi connectivity index (χ4v) is 2.18. The van der Waals surface area contributed by atoms with Crippen molar-refractivity contribution < 1.29 is 9.47 Å². The monoisotopic (exact) mass is 249 g/mol. The quantitative estimate of drug-likeness (QED) is 0.872. The largest absolute Gasteiger partial charge is 0.490 e. The van der Waals surface area contributed by atoms with Crippen LogP contribution in [0.5, 0.6) is 5.75 Å². The molecule has 2 N–H and O–H groups in total. The van der Waals surface area contributed by atoms with Crippen LogP contribution in [0.4, 0.5) is 0 Å². The molecule has 0 radical (unpaired) electrons. The third kappa shape index (κ3) is 4.00. The number of nitrogens with two attached hydrogens (primary N) is 1. The molecule has 1 heterocycles. The highest BCUT2D eigenvalue weighted by Gasteiger charge is 2.15. The lowest BCUT2D eigenvalue weighted by Crippen LogP contribution is -2.26. The third-order valence-corrected chi connectivity index (χ3v) is 3.39. The lowest BCUT2D eigenvalue weighted by atomic mass is 10.0. The summed E-state index contributed by atoms with van der Waals surface area (Å²) in [5, 5.41) is 0. The number of ether oxygens (including phenoxy) is 2. The summed E-state index contributed by atoms with van der Waals surface area (Å²) in [5.74, 6) is 0.961. The lowest BCUT2D eigenvalue weighted by Gasteiger charge is -2.23. The average molecular weight is 249 g/mol. The summed E-state index contributed by atoms with van der Waals surface area (Å²) in [4.78, 5) is 0. The molecule has 1 aromatic carbocycles. The van der Waals surface area contributed by atoms with Gasteiger partial charge in [-0.1, -0.05) is 19.1 Å². The Morgan fingerprint density at radius 1 is 1.39 bits per heavy atom. The maximum Gasteiger partial charge on any atom is 0.119 e. The number of rotatable bonds is 5. The zero-order chi connectivity index (χ0) is 12.8. The zero-order valence-electron chi connectivity index (χ0n) is 11.1. The van der Waals surface area contributed by atoms with Crippen molar-refractivity contribution in [3.05, 3.63) is 29.8 Å². The molecule has 1 saturated heterocycles. The summed E-state index contributed by atoms with van der Waals surface area (Å²) >= 11 is 0. The molecule has 0 aromatic heterocycles. The van der Waals surface area contributed by atoms with E-state index < -0.39 is 0 Å². The predicted octanol–water partition coefficient (Wildman–Crippen LogP) is 2.52. The summed E-state index contributed by atoms with van der Waals surface area (Å²) < 4.78 is 11.3. The molecule has 0 spiro atoms. The van der Waals surface area contributed by atoms with E-state index in [0.717, 1.165) is 44.6 Å². The fourth-order valence-electron chi connectivity index (χ4n) is 2.18. The van der Waals surface area contributed by atoms with Crippen molar-refractivity contribution >= 4 is 0 Å². The van der Waals surface area contributed by atoms with Crippen molar-refractivity contribution in [3.8, 4) is 5.75 Å². The van der Waals surface area contributed by atoms with Gasteiger partial charge in [-0.2, -0.15) is 0 Å².